The second-order valence-electron chi connectivity index (χ2n) is 4.66. The number of benzene rings is 1. The molecule has 6 heteroatoms. The van der Waals surface area contributed by atoms with Crippen molar-refractivity contribution < 1.29 is 4.79 Å². The zero-order chi connectivity index (χ0) is 14.7. The third-order valence-electron chi connectivity index (χ3n) is 3.09. The van der Waals surface area contributed by atoms with Crippen LogP contribution in [0.2, 0.25) is 0 Å². The van der Waals surface area contributed by atoms with E-state index < -0.39 is 0 Å². The van der Waals surface area contributed by atoms with Crippen molar-refractivity contribution in [2.24, 2.45) is 7.05 Å². The van der Waals surface area contributed by atoms with Crippen molar-refractivity contribution in [3.05, 3.63) is 41.2 Å². The van der Waals surface area contributed by atoms with Crippen LogP contribution < -0.4 is 16.8 Å². The molecule has 0 bridgehead atoms. The highest BCUT2D eigenvalue weighted by Crippen LogP contribution is 2.16. The molecule has 1 heterocycles. The van der Waals surface area contributed by atoms with Gasteiger partial charge in [0.25, 0.3) is 5.91 Å². The minimum Gasteiger partial charge on any atom is -0.399 e. The molecule has 2 aromatic rings. The molecule has 0 aliphatic carbocycles. The number of aromatic nitrogens is 2. The van der Waals surface area contributed by atoms with Crippen molar-refractivity contribution in [2.45, 2.75) is 19.9 Å². The Kier molecular flexibility index (Phi) is 3.93. The van der Waals surface area contributed by atoms with Gasteiger partial charge in [-0.3, -0.25) is 9.48 Å². The summed E-state index contributed by atoms with van der Waals surface area (Å²) in [4.78, 5) is 12.1. The molecule has 20 heavy (non-hydrogen) atoms. The van der Waals surface area contributed by atoms with E-state index in [0.717, 1.165) is 17.7 Å². The lowest BCUT2D eigenvalue weighted by atomic mass is 10.1. The highest BCUT2D eigenvalue weighted by atomic mass is 16.1. The zero-order valence-electron chi connectivity index (χ0n) is 11.7. The first-order valence-corrected chi connectivity index (χ1v) is 6.45. The Balaban J connectivity index is 2.08. The molecule has 5 N–H and O–H groups in total. The lowest BCUT2D eigenvalue weighted by Gasteiger charge is -2.08. The second-order valence-corrected chi connectivity index (χ2v) is 4.66. The summed E-state index contributed by atoms with van der Waals surface area (Å²) >= 11 is 0. The first-order valence-electron chi connectivity index (χ1n) is 6.45. The fourth-order valence-corrected chi connectivity index (χ4v) is 2.09. The average Bonchev–Trinajstić information content (AvgIpc) is 2.76. The van der Waals surface area contributed by atoms with Crippen LogP contribution in [0.1, 0.15) is 28.5 Å². The summed E-state index contributed by atoms with van der Waals surface area (Å²) in [7, 11) is 1.86. The number of nitrogens with two attached hydrogens (primary N) is 2. The largest absolute Gasteiger partial charge is 0.399 e. The Morgan fingerprint density at radius 2 is 2.15 bits per heavy atom. The van der Waals surface area contributed by atoms with Crippen molar-refractivity contribution in [2.75, 3.05) is 11.5 Å². The molecule has 6 nitrogen and oxygen atoms in total. The van der Waals surface area contributed by atoms with Crippen LogP contribution in [-0.2, 0) is 20.0 Å². The first-order chi connectivity index (χ1) is 9.51. The normalized spacial score (nSPS) is 10.5. The molecule has 106 valence electrons. The number of hydrogen-bond acceptors (Lipinski definition) is 4. The Labute approximate surface area is 117 Å². The maximum atomic E-state index is 12.1. The van der Waals surface area contributed by atoms with Gasteiger partial charge in [0, 0.05) is 36.7 Å². The summed E-state index contributed by atoms with van der Waals surface area (Å²) in [5.41, 5.74) is 14.8. The van der Waals surface area contributed by atoms with Gasteiger partial charge >= 0.3 is 0 Å². The van der Waals surface area contributed by atoms with E-state index >= 15 is 0 Å². The third kappa shape index (κ3) is 2.90. The smallest absolute Gasteiger partial charge is 0.253 e. The van der Waals surface area contributed by atoms with Gasteiger partial charge in [0.15, 0.2) is 0 Å². The molecule has 0 unspecified atom stereocenters. The monoisotopic (exact) mass is 273 g/mol. The summed E-state index contributed by atoms with van der Waals surface area (Å²) in [6, 6.07) is 4.87. The Bertz CT molecular complexity index is 632. The van der Waals surface area contributed by atoms with Crippen molar-refractivity contribution in [1.29, 1.82) is 0 Å². The number of anilines is 2. The molecule has 0 saturated carbocycles. The summed E-state index contributed by atoms with van der Waals surface area (Å²) < 4.78 is 1.75. The van der Waals surface area contributed by atoms with E-state index in [1.807, 2.05) is 20.2 Å². The fourth-order valence-electron chi connectivity index (χ4n) is 2.09. The van der Waals surface area contributed by atoms with Crippen LogP contribution in [0.3, 0.4) is 0 Å². The van der Waals surface area contributed by atoms with E-state index in [1.165, 1.54) is 0 Å². The first kappa shape index (κ1) is 13.9. The Morgan fingerprint density at radius 1 is 1.40 bits per heavy atom. The van der Waals surface area contributed by atoms with Crippen molar-refractivity contribution in [3.63, 3.8) is 0 Å². The number of nitrogen functional groups attached to an aromatic ring is 2. The molecule has 0 aliphatic heterocycles. The Hall–Kier alpha value is -2.50. The molecular weight excluding hydrogens is 254 g/mol. The van der Waals surface area contributed by atoms with Gasteiger partial charge in [-0.15, -0.1) is 0 Å². The van der Waals surface area contributed by atoms with Gasteiger partial charge < -0.3 is 16.8 Å². The Morgan fingerprint density at radius 3 is 2.80 bits per heavy atom. The van der Waals surface area contributed by atoms with Gasteiger partial charge in [-0.1, -0.05) is 6.92 Å². The molecule has 0 radical (unpaired) electrons. The average molecular weight is 273 g/mol. The van der Waals surface area contributed by atoms with Crippen LogP contribution in [-0.4, -0.2) is 15.7 Å². The van der Waals surface area contributed by atoms with E-state index in [9.17, 15) is 4.79 Å². The number of rotatable bonds is 4. The summed E-state index contributed by atoms with van der Waals surface area (Å²) in [5, 5.41) is 7.18. The van der Waals surface area contributed by atoms with E-state index in [-0.39, 0.29) is 5.91 Å². The molecule has 1 aromatic heterocycles. The van der Waals surface area contributed by atoms with Crippen molar-refractivity contribution >= 4 is 17.3 Å². The lowest BCUT2D eigenvalue weighted by molar-refractivity contribution is 0.0952. The maximum Gasteiger partial charge on any atom is 0.253 e. The number of carbonyl (C=O) groups excluding carboxylic acids is 1. The number of nitrogens with one attached hydrogen (secondary N) is 1. The van der Waals surface area contributed by atoms with Crippen LogP contribution in [0.15, 0.2) is 24.4 Å². The van der Waals surface area contributed by atoms with Gasteiger partial charge in [0.1, 0.15) is 0 Å². The van der Waals surface area contributed by atoms with Crippen molar-refractivity contribution in [3.8, 4) is 0 Å². The lowest BCUT2D eigenvalue weighted by Crippen LogP contribution is -2.24. The number of carbonyl (C=O) groups is 1. The number of hydrogen-bond donors (Lipinski definition) is 3. The zero-order valence-corrected chi connectivity index (χ0v) is 11.7. The highest BCUT2D eigenvalue weighted by molar-refractivity contribution is 5.99. The molecular formula is C14H19N5O. The van der Waals surface area contributed by atoms with E-state index in [4.69, 9.17) is 11.5 Å². The van der Waals surface area contributed by atoms with Crippen LogP contribution in [0.25, 0.3) is 0 Å². The summed E-state index contributed by atoms with van der Waals surface area (Å²) in [5.74, 6) is -0.214. The van der Waals surface area contributed by atoms with E-state index in [0.29, 0.717) is 23.5 Å². The van der Waals surface area contributed by atoms with Gasteiger partial charge in [0.2, 0.25) is 0 Å². The minimum atomic E-state index is -0.214. The van der Waals surface area contributed by atoms with Crippen molar-refractivity contribution in [1.82, 2.24) is 15.1 Å². The van der Waals surface area contributed by atoms with Crippen LogP contribution in [0.4, 0.5) is 11.4 Å². The quantitative estimate of drug-likeness (QED) is 0.726. The highest BCUT2D eigenvalue weighted by Gasteiger charge is 2.11. The van der Waals surface area contributed by atoms with Gasteiger partial charge in [-0.25, -0.2) is 0 Å². The third-order valence-corrected chi connectivity index (χ3v) is 3.09. The second kappa shape index (κ2) is 5.64. The number of aryl methyl sites for hydroxylation is 2. The number of nitrogens with zero attached hydrogens (tertiary/aromatic N) is 2. The predicted molar refractivity (Wildman–Crippen MR) is 79.0 cm³/mol. The minimum absolute atomic E-state index is 0.214. The topological polar surface area (TPSA) is 99.0 Å². The van der Waals surface area contributed by atoms with Gasteiger partial charge in [-0.2, -0.15) is 5.10 Å². The summed E-state index contributed by atoms with van der Waals surface area (Å²) in [6.45, 7) is 2.46. The molecule has 1 aromatic carbocycles. The fraction of sp³-hybridized carbons (Fsp3) is 0.286. The van der Waals surface area contributed by atoms with Crippen LogP contribution in [0, 0.1) is 0 Å². The van der Waals surface area contributed by atoms with Gasteiger partial charge in [-0.05, 0) is 24.6 Å². The van der Waals surface area contributed by atoms with Gasteiger partial charge in [0.05, 0.1) is 11.3 Å². The SMILES string of the molecule is CCc1nn(C)cc1CNC(=O)c1ccc(N)cc1N. The predicted octanol–water partition coefficient (Wildman–Crippen LogP) is 1.08. The molecule has 0 saturated heterocycles. The van der Waals surface area contributed by atoms with E-state index in [2.05, 4.69) is 10.4 Å². The van der Waals surface area contributed by atoms with E-state index in [1.54, 1.807) is 22.9 Å². The molecule has 0 fully saturated rings. The standard InChI is InChI=1S/C14H19N5O/c1-3-13-9(8-19(2)18-13)7-17-14(20)11-5-4-10(15)6-12(11)16/h4-6,8H,3,7,15-16H2,1-2H3,(H,17,20). The van der Waals surface area contributed by atoms with Crippen LogP contribution in [0.5, 0.6) is 0 Å². The van der Waals surface area contributed by atoms with Crippen LogP contribution >= 0.6 is 0 Å². The molecule has 1 amide bonds. The number of amides is 1. The molecule has 0 atom stereocenters. The molecule has 2 rings (SSSR count). The maximum absolute atomic E-state index is 12.1. The summed E-state index contributed by atoms with van der Waals surface area (Å²) in [6.07, 6.45) is 2.74. The molecule has 0 spiro atoms. The molecule has 0 aliphatic rings.